The highest BCUT2D eigenvalue weighted by atomic mass is 32.2. The average Bonchev–Trinajstić information content (AvgIpc) is 2.50. The van der Waals surface area contributed by atoms with Crippen LogP contribution < -0.4 is 0 Å². The van der Waals surface area contributed by atoms with Crippen LogP contribution in [0.2, 0.25) is 0 Å². The summed E-state index contributed by atoms with van der Waals surface area (Å²) >= 11 is 1.50. The smallest absolute Gasteiger partial charge is 0.319 e. The lowest BCUT2D eigenvalue weighted by atomic mass is 10.1. The second kappa shape index (κ2) is 3.76. The van der Waals surface area contributed by atoms with Gasteiger partial charge in [-0.25, -0.2) is 0 Å². The quantitative estimate of drug-likeness (QED) is 0.451. The van der Waals surface area contributed by atoms with Crippen LogP contribution in [0.4, 0.5) is 0 Å². The number of esters is 1. The third-order valence-electron chi connectivity index (χ3n) is 1.75. The number of aldehydes is 1. The third kappa shape index (κ3) is 1.74. The van der Waals surface area contributed by atoms with E-state index in [1.54, 1.807) is 0 Å². The van der Waals surface area contributed by atoms with Crippen molar-refractivity contribution in [3.05, 3.63) is 0 Å². The van der Waals surface area contributed by atoms with E-state index >= 15 is 0 Å². The lowest BCUT2D eigenvalue weighted by Gasteiger charge is -2.09. The van der Waals surface area contributed by atoms with Crippen LogP contribution in [0.25, 0.3) is 0 Å². The molecule has 0 N–H and O–H groups in total. The van der Waals surface area contributed by atoms with Crippen LogP contribution in [0, 0.1) is 5.92 Å². The van der Waals surface area contributed by atoms with E-state index in [1.807, 2.05) is 0 Å². The van der Waals surface area contributed by atoms with Gasteiger partial charge in [0.05, 0.1) is 7.11 Å². The van der Waals surface area contributed by atoms with Crippen LogP contribution in [0.15, 0.2) is 0 Å². The summed E-state index contributed by atoms with van der Waals surface area (Å²) in [4.78, 5) is 21.4. The van der Waals surface area contributed by atoms with Crippen LogP contribution >= 0.6 is 11.8 Å². The summed E-state index contributed by atoms with van der Waals surface area (Å²) in [6.45, 7) is 0. The normalized spacial score (nSPS) is 29.9. The monoisotopic (exact) mass is 174 g/mol. The molecule has 0 saturated carbocycles. The highest BCUT2D eigenvalue weighted by Gasteiger charge is 2.34. The number of hydrogen-bond donors (Lipinski definition) is 0. The van der Waals surface area contributed by atoms with Gasteiger partial charge < -0.3 is 9.53 Å². The largest absolute Gasteiger partial charge is 0.468 e. The lowest BCUT2D eigenvalue weighted by molar-refractivity contribution is -0.141. The summed E-state index contributed by atoms with van der Waals surface area (Å²) < 4.78 is 4.55. The molecule has 1 fully saturated rings. The highest BCUT2D eigenvalue weighted by molar-refractivity contribution is 8.00. The van der Waals surface area contributed by atoms with Gasteiger partial charge in [0.25, 0.3) is 0 Å². The summed E-state index contributed by atoms with van der Waals surface area (Å²) in [5, 5.41) is -0.252. The van der Waals surface area contributed by atoms with E-state index in [2.05, 4.69) is 4.74 Å². The Bertz CT molecular complexity index is 169. The molecule has 3 nitrogen and oxygen atoms in total. The average molecular weight is 174 g/mol. The number of hydrogen-bond acceptors (Lipinski definition) is 4. The number of ether oxygens (including phenoxy) is 1. The first-order valence-electron chi connectivity index (χ1n) is 3.44. The summed E-state index contributed by atoms with van der Waals surface area (Å²) in [6.07, 6.45) is 1.65. The SMILES string of the molecule is COC(=O)C1SCCC1C=O. The first-order valence-corrected chi connectivity index (χ1v) is 4.49. The zero-order chi connectivity index (χ0) is 8.27. The summed E-state index contributed by atoms with van der Waals surface area (Å²) in [5.41, 5.74) is 0. The fraction of sp³-hybridized carbons (Fsp3) is 0.714. The van der Waals surface area contributed by atoms with E-state index in [-0.39, 0.29) is 17.1 Å². The van der Waals surface area contributed by atoms with Crippen molar-refractivity contribution in [1.82, 2.24) is 0 Å². The Hall–Kier alpha value is -0.510. The molecule has 0 aliphatic carbocycles. The fourth-order valence-corrected chi connectivity index (χ4v) is 2.45. The molecule has 62 valence electrons. The second-order valence-electron chi connectivity index (χ2n) is 2.40. The number of thioether (sulfide) groups is 1. The maximum Gasteiger partial charge on any atom is 0.319 e. The van der Waals surface area contributed by atoms with E-state index in [0.717, 1.165) is 18.5 Å². The Kier molecular flexibility index (Phi) is 2.93. The minimum absolute atomic E-state index is 0.132. The van der Waals surface area contributed by atoms with Crippen molar-refractivity contribution in [2.24, 2.45) is 5.92 Å². The minimum atomic E-state index is -0.274. The van der Waals surface area contributed by atoms with Gasteiger partial charge in [-0.3, -0.25) is 4.79 Å². The molecule has 2 unspecified atom stereocenters. The van der Waals surface area contributed by atoms with Gasteiger partial charge in [-0.15, -0.1) is 11.8 Å². The van der Waals surface area contributed by atoms with Crippen molar-refractivity contribution in [2.45, 2.75) is 11.7 Å². The Morgan fingerprint density at radius 2 is 2.45 bits per heavy atom. The van der Waals surface area contributed by atoms with Crippen molar-refractivity contribution in [1.29, 1.82) is 0 Å². The number of rotatable bonds is 2. The van der Waals surface area contributed by atoms with Gasteiger partial charge in [0, 0.05) is 5.92 Å². The van der Waals surface area contributed by atoms with E-state index in [0.29, 0.717) is 0 Å². The molecule has 1 saturated heterocycles. The number of methoxy groups -OCH3 is 1. The van der Waals surface area contributed by atoms with Gasteiger partial charge in [0.15, 0.2) is 0 Å². The van der Waals surface area contributed by atoms with Crippen molar-refractivity contribution in [2.75, 3.05) is 12.9 Å². The molecule has 0 spiro atoms. The maximum absolute atomic E-state index is 11.0. The Labute approximate surface area is 69.5 Å². The molecule has 4 heteroatoms. The number of carbonyl (C=O) groups is 2. The molecule has 1 aliphatic rings. The maximum atomic E-state index is 11.0. The van der Waals surface area contributed by atoms with Gasteiger partial charge >= 0.3 is 5.97 Å². The van der Waals surface area contributed by atoms with Gasteiger partial charge in [0.2, 0.25) is 0 Å². The van der Waals surface area contributed by atoms with Gasteiger partial charge in [-0.05, 0) is 12.2 Å². The Morgan fingerprint density at radius 3 is 3.00 bits per heavy atom. The molecule has 0 aromatic carbocycles. The number of carbonyl (C=O) groups excluding carboxylic acids is 2. The topological polar surface area (TPSA) is 43.4 Å². The summed E-state index contributed by atoms with van der Waals surface area (Å²) in [7, 11) is 1.35. The molecule has 0 aromatic rings. The highest BCUT2D eigenvalue weighted by Crippen LogP contribution is 2.31. The second-order valence-corrected chi connectivity index (χ2v) is 3.65. The first-order chi connectivity index (χ1) is 5.29. The zero-order valence-electron chi connectivity index (χ0n) is 6.28. The van der Waals surface area contributed by atoms with Crippen molar-refractivity contribution in [3.63, 3.8) is 0 Å². The van der Waals surface area contributed by atoms with Crippen molar-refractivity contribution in [3.8, 4) is 0 Å². The molecule has 2 atom stereocenters. The molecule has 0 aromatic heterocycles. The van der Waals surface area contributed by atoms with Crippen molar-refractivity contribution >= 4 is 24.0 Å². The molecule has 1 aliphatic heterocycles. The van der Waals surface area contributed by atoms with E-state index < -0.39 is 0 Å². The predicted octanol–water partition coefficient (Wildman–Crippen LogP) is 0.480. The molecule has 1 rings (SSSR count). The summed E-state index contributed by atoms with van der Waals surface area (Å²) in [5.74, 6) is 0.473. The van der Waals surface area contributed by atoms with Gasteiger partial charge in [-0.2, -0.15) is 0 Å². The van der Waals surface area contributed by atoms with Crippen LogP contribution in [0.3, 0.4) is 0 Å². The zero-order valence-corrected chi connectivity index (χ0v) is 7.10. The molecular weight excluding hydrogens is 164 g/mol. The van der Waals surface area contributed by atoms with E-state index in [1.165, 1.54) is 18.9 Å². The van der Waals surface area contributed by atoms with E-state index in [9.17, 15) is 9.59 Å². The fourth-order valence-electron chi connectivity index (χ4n) is 1.10. The summed E-state index contributed by atoms with van der Waals surface area (Å²) in [6, 6.07) is 0. The standard InChI is InChI=1S/C7H10O3S/c1-10-7(9)6-5(4-8)2-3-11-6/h4-6H,2-3H2,1H3. The first kappa shape index (κ1) is 8.59. The van der Waals surface area contributed by atoms with Gasteiger partial charge in [-0.1, -0.05) is 0 Å². The van der Waals surface area contributed by atoms with Crippen LogP contribution in [-0.2, 0) is 14.3 Å². The molecule has 0 bridgehead atoms. The molecule has 0 radical (unpaired) electrons. The third-order valence-corrected chi connectivity index (χ3v) is 3.12. The molecule has 11 heavy (non-hydrogen) atoms. The molecular formula is C7H10O3S. The minimum Gasteiger partial charge on any atom is -0.468 e. The van der Waals surface area contributed by atoms with Crippen molar-refractivity contribution < 1.29 is 14.3 Å². The Balaban J connectivity index is 2.56. The molecule has 0 amide bonds. The van der Waals surface area contributed by atoms with E-state index in [4.69, 9.17) is 0 Å². The van der Waals surface area contributed by atoms with Crippen LogP contribution in [0.1, 0.15) is 6.42 Å². The van der Waals surface area contributed by atoms with Crippen LogP contribution in [-0.4, -0.2) is 30.4 Å². The van der Waals surface area contributed by atoms with Crippen LogP contribution in [0.5, 0.6) is 0 Å². The molecule has 1 heterocycles. The predicted molar refractivity (Wildman–Crippen MR) is 42.4 cm³/mol. The Morgan fingerprint density at radius 1 is 1.73 bits per heavy atom. The lowest BCUT2D eigenvalue weighted by Crippen LogP contribution is -2.24. The van der Waals surface area contributed by atoms with Gasteiger partial charge in [0.1, 0.15) is 11.5 Å².